The number of phenolic OH excluding ortho intramolecular Hbond substituents is 3. The zero-order chi connectivity index (χ0) is 31.2. The van der Waals surface area contributed by atoms with Crippen LogP contribution in [-0.4, -0.2) is 122 Å². The van der Waals surface area contributed by atoms with Crippen LogP contribution >= 0.6 is 0 Å². The van der Waals surface area contributed by atoms with Crippen LogP contribution in [0.1, 0.15) is 0 Å². The number of aliphatic hydroxyl groups excluding tert-OH is 6. The predicted octanol–water partition coefficient (Wildman–Crippen LogP) is -1.77. The molecule has 0 amide bonds. The Balaban J connectivity index is 1.41. The van der Waals surface area contributed by atoms with Crippen molar-refractivity contribution < 1.29 is 74.1 Å². The Kier molecular flexibility index (Phi) is 8.66. The Morgan fingerprint density at radius 2 is 1.56 bits per heavy atom. The maximum absolute atomic E-state index is 13.2. The second-order valence-corrected chi connectivity index (χ2v) is 10.0. The highest BCUT2D eigenvalue weighted by Gasteiger charge is 2.46. The van der Waals surface area contributed by atoms with Gasteiger partial charge < -0.3 is 74.1 Å². The molecule has 16 nitrogen and oxygen atoms in total. The SMILES string of the molecule is COc1c(-c2ccc(O)c(O)c2)oc2cc(O[C@@H]3O[C@H](CO[C@@H]4OC[C@H](O)[C@H](O)[C@H]4O)[C@@H](O)[C@H](O)[C@H]3O)cc(O)c2c1=O. The lowest BCUT2D eigenvalue weighted by Gasteiger charge is -2.41. The average Bonchev–Trinajstić information content (AvgIpc) is 2.97. The lowest BCUT2D eigenvalue weighted by Crippen LogP contribution is -2.61. The number of ether oxygens (including phenoxy) is 5. The number of aliphatic hydroxyl groups is 6. The molecule has 9 N–H and O–H groups in total. The molecule has 3 heterocycles. The highest BCUT2D eigenvalue weighted by molar-refractivity contribution is 5.88. The first-order valence-corrected chi connectivity index (χ1v) is 12.9. The Hall–Kier alpha value is -3.71. The monoisotopic (exact) mass is 610 g/mol. The van der Waals surface area contributed by atoms with E-state index in [0.29, 0.717) is 0 Å². The van der Waals surface area contributed by atoms with Gasteiger partial charge in [-0.25, -0.2) is 0 Å². The molecule has 9 atom stereocenters. The minimum atomic E-state index is -1.81. The largest absolute Gasteiger partial charge is 0.507 e. The molecule has 3 aromatic rings. The van der Waals surface area contributed by atoms with Crippen molar-refractivity contribution in [1.29, 1.82) is 0 Å². The molecule has 2 saturated heterocycles. The maximum atomic E-state index is 13.2. The van der Waals surface area contributed by atoms with Gasteiger partial charge >= 0.3 is 0 Å². The minimum absolute atomic E-state index is 0.150. The van der Waals surface area contributed by atoms with Crippen LogP contribution in [0, 0.1) is 0 Å². The van der Waals surface area contributed by atoms with Crippen LogP contribution in [0.25, 0.3) is 22.3 Å². The van der Waals surface area contributed by atoms with Crippen molar-refractivity contribution in [2.75, 3.05) is 20.3 Å². The summed E-state index contributed by atoms with van der Waals surface area (Å²) in [5.41, 5.74) is -0.833. The molecule has 0 spiro atoms. The van der Waals surface area contributed by atoms with E-state index in [1.807, 2.05) is 0 Å². The second kappa shape index (κ2) is 12.1. The van der Waals surface area contributed by atoms with E-state index in [-0.39, 0.29) is 40.4 Å². The number of aromatic hydroxyl groups is 3. The van der Waals surface area contributed by atoms with Crippen molar-refractivity contribution in [3.8, 4) is 40.1 Å². The van der Waals surface area contributed by atoms with Gasteiger partial charge in [-0.1, -0.05) is 0 Å². The Morgan fingerprint density at radius 3 is 2.26 bits per heavy atom. The molecule has 0 aliphatic carbocycles. The van der Waals surface area contributed by atoms with E-state index in [9.17, 15) is 50.8 Å². The smallest absolute Gasteiger partial charge is 0.239 e. The van der Waals surface area contributed by atoms with Gasteiger partial charge in [0.05, 0.1) is 20.3 Å². The van der Waals surface area contributed by atoms with Crippen molar-refractivity contribution in [1.82, 2.24) is 0 Å². The lowest BCUT2D eigenvalue weighted by atomic mass is 9.99. The van der Waals surface area contributed by atoms with Crippen LogP contribution in [0.4, 0.5) is 0 Å². The summed E-state index contributed by atoms with van der Waals surface area (Å²) < 4.78 is 32.8. The van der Waals surface area contributed by atoms with Crippen LogP contribution < -0.4 is 14.9 Å². The minimum Gasteiger partial charge on any atom is -0.507 e. The summed E-state index contributed by atoms with van der Waals surface area (Å²) in [7, 11) is 1.20. The van der Waals surface area contributed by atoms with Gasteiger partial charge in [-0.2, -0.15) is 0 Å². The number of methoxy groups -OCH3 is 1. The van der Waals surface area contributed by atoms with Gasteiger partial charge in [-0.05, 0) is 18.2 Å². The average molecular weight is 611 g/mol. The molecule has 1 aromatic heterocycles. The molecule has 16 heteroatoms. The van der Waals surface area contributed by atoms with Gasteiger partial charge in [0.25, 0.3) is 0 Å². The van der Waals surface area contributed by atoms with Crippen LogP contribution in [0.5, 0.6) is 28.7 Å². The van der Waals surface area contributed by atoms with Crippen LogP contribution in [0.3, 0.4) is 0 Å². The van der Waals surface area contributed by atoms with E-state index in [4.69, 9.17) is 28.1 Å². The number of benzene rings is 2. The van der Waals surface area contributed by atoms with Crippen LogP contribution in [-0.2, 0) is 14.2 Å². The standard InChI is InChI=1S/C27H30O16/c1-38-25-20(34)17-13(30)5-10(6-15(17)42-24(25)9-2-3-11(28)12(29)4-9)41-27-23(37)21(35)19(33)16(43-27)8-40-26-22(36)18(32)14(31)7-39-26/h2-6,14,16,18-19,21-23,26-33,35-37H,7-8H2,1H3/t14-,16+,18-,19+,21-,22+,23+,26-,27+/m0/s1. The third-order valence-electron chi connectivity index (χ3n) is 7.15. The van der Waals surface area contributed by atoms with Gasteiger partial charge in [-0.3, -0.25) is 4.79 Å². The molecule has 2 aliphatic rings. The second-order valence-electron chi connectivity index (χ2n) is 10.0. The van der Waals surface area contributed by atoms with Gasteiger partial charge in [0, 0.05) is 17.7 Å². The van der Waals surface area contributed by atoms with Gasteiger partial charge in [0.1, 0.15) is 65.2 Å². The summed E-state index contributed by atoms with van der Waals surface area (Å²) in [6.07, 6.45) is -14.2. The normalized spacial score (nSPS) is 31.2. The van der Waals surface area contributed by atoms with E-state index in [2.05, 4.69) is 0 Å². The molecule has 0 bridgehead atoms. The fourth-order valence-electron chi connectivity index (χ4n) is 4.77. The summed E-state index contributed by atoms with van der Waals surface area (Å²) in [4.78, 5) is 13.2. The topological polar surface area (TPSA) is 258 Å². The predicted molar refractivity (Wildman–Crippen MR) is 140 cm³/mol. The molecule has 0 saturated carbocycles. The van der Waals surface area contributed by atoms with Crippen molar-refractivity contribution in [2.24, 2.45) is 0 Å². The summed E-state index contributed by atoms with van der Waals surface area (Å²) in [5.74, 6) is -2.17. The van der Waals surface area contributed by atoms with Crippen LogP contribution in [0.15, 0.2) is 39.5 Å². The third-order valence-corrected chi connectivity index (χ3v) is 7.15. The third kappa shape index (κ3) is 5.79. The van der Waals surface area contributed by atoms with E-state index in [0.717, 1.165) is 12.1 Å². The van der Waals surface area contributed by atoms with E-state index >= 15 is 0 Å². The van der Waals surface area contributed by atoms with E-state index in [1.54, 1.807) is 0 Å². The van der Waals surface area contributed by atoms with Gasteiger partial charge in [-0.15, -0.1) is 0 Å². The Bertz CT molecular complexity index is 1520. The molecule has 2 aromatic carbocycles. The molecule has 234 valence electrons. The molecule has 2 aliphatic heterocycles. The Labute approximate surface area is 241 Å². The maximum Gasteiger partial charge on any atom is 0.239 e. The van der Waals surface area contributed by atoms with Crippen molar-refractivity contribution in [3.05, 3.63) is 40.6 Å². The molecule has 43 heavy (non-hydrogen) atoms. The van der Waals surface area contributed by atoms with Crippen molar-refractivity contribution in [2.45, 2.75) is 55.3 Å². The zero-order valence-corrected chi connectivity index (χ0v) is 22.4. The number of fused-ring (bicyclic) bond motifs is 1. The first kappa shape index (κ1) is 30.7. The number of hydrogen-bond donors (Lipinski definition) is 9. The summed E-state index contributed by atoms with van der Waals surface area (Å²) >= 11 is 0. The lowest BCUT2D eigenvalue weighted by molar-refractivity contribution is -0.307. The van der Waals surface area contributed by atoms with Gasteiger partial charge in [0.2, 0.25) is 17.5 Å². The summed E-state index contributed by atoms with van der Waals surface area (Å²) in [6, 6.07) is 5.84. The number of hydrogen-bond acceptors (Lipinski definition) is 16. The summed E-state index contributed by atoms with van der Waals surface area (Å²) in [5, 5.41) is 90.8. The fourth-order valence-corrected chi connectivity index (χ4v) is 4.77. The number of rotatable bonds is 7. The number of phenols is 3. The molecule has 2 fully saturated rings. The molecule has 5 rings (SSSR count). The van der Waals surface area contributed by atoms with E-state index < -0.39 is 84.6 Å². The van der Waals surface area contributed by atoms with Crippen LogP contribution in [0.2, 0.25) is 0 Å². The quantitative estimate of drug-likeness (QED) is 0.134. The molecule has 0 unspecified atom stereocenters. The highest BCUT2D eigenvalue weighted by Crippen LogP contribution is 2.39. The highest BCUT2D eigenvalue weighted by atomic mass is 16.7. The molecular formula is C27H30O16. The van der Waals surface area contributed by atoms with Crippen molar-refractivity contribution >= 4 is 11.0 Å². The first-order chi connectivity index (χ1) is 20.4. The molecule has 0 radical (unpaired) electrons. The summed E-state index contributed by atoms with van der Waals surface area (Å²) in [6.45, 7) is -0.858. The fraction of sp³-hybridized carbons (Fsp3) is 0.444. The molecular weight excluding hydrogens is 580 g/mol. The first-order valence-electron chi connectivity index (χ1n) is 12.9. The zero-order valence-electron chi connectivity index (χ0n) is 22.4. The van der Waals surface area contributed by atoms with Crippen molar-refractivity contribution in [3.63, 3.8) is 0 Å². The Morgan fingerprint density at radius 1 is 0.837 bits per heavy atom. The van der Waals surface area contributed by atoms with E-state index in [1.165, 1.54) is 25.3 Å². The van der Waals surface area contributed by atoms with Gasteiger partial charge in [0.15, 0.2) is 23.5 Å².